The molecule has 1 aliphatic heterocycles. The van der Waals surface area contributed by atoms with Crippen molar-refractivity contribution in [2.75, 3.05) is 19.6 Å². The molecule has 128 valence electrons. The number of piperazine rings is 1. The monoisotopic (exact) mass is 345 g/mol. The number of thiazole rings is 1. The van der Waals surface area contributed by atoms with E-state index in [1.54, 1.807) is 11.3 Å². The van der Waals surface area contributed by atoms with Crippen LogP contribution in [0.2, 0.25) is 0 Å². The average molecular weight is 345 g/mol. The Morgan fingerprint density at radius 1 is 1.42 bits per heavy atom. The Bertz CT molecular complexity index is 684. The van der Waals surface area contributed by atoms with Gasteiger partial charge in [0.25, 0.3) is 0 Å². The number of carbonyl (C=O) groups excluding carboxylic acids is 1. The number of nitrogens with one attached hydrogen (secondary N) is 1. The van der Waals surface area contributed by atoms with Crippen molar-refractivity contribution in [3.8, 4) is 5.75 Å². The van der Waals surface area contributed by atoms with E-state index in [2.05, 4.69) is 17.2 Å². The molecule has 0 aliphatic carbocycles. The number of rotatable bonds is 5. The third-order valence-corrected chi connectivity index (χ3v) is 5.01. The molecule has 1 N–H and O–H groups in total. The molecule has 0 unspecified atom stereocenters. The van der Waals surface area contributed by atoms with Gasteiger partial charge in [0.05, 0.1) is 12.1 Å². The highest BCUT2D eigenvalue weighted by Gasteiger charge is 2.23. The molecule has 0 radical (unpaired) electrons. The number of nitrogens with zero attached hydrogens (tertiary/aromatic N) is 2. The molecule has 1 fully saturated rings. The SMILES string of the molecule is Cc1ccc(OCc2nc(CC(=O)N3CCNC[C@H]3C)cs2)cc1. The Labute approximate surface area is 146 Å². The lowest BCUT2D eigenvalue weighted by molar-refractivity contribution is -0.133. The first-order chi connectivity index (χ1) is 11.6. The van der Waals surface area contributed by atoms with Crippen LogP contribution in [0.4, 0.5) is 0 Å². The predicted octanol–water partition coefficient (Wildman–Crippen LogP) is 2.39. The molecule has 0 saturated carbocycles. The normalized spacial score (nSPS) is 17.8. The minimum Gasteiger partial charge on any atom is -0.486 e. The van der Waals surface area contributed by atoms with Gasteiger partial charge in [-0.3, -0.25) is 4.79 Å². The van der Waals surface area contributed by atoms with Crippen LogP contribution in [0.15, 0.2) is 29.6 Å². The Hall–Kier alpha value is -1.92. The molecule has 0 bridgehead atoms. The lowest BCUT2D eigenvalue weighted by Crippen LogP contribution is -2.52. The number of carbonyl (C=O) groups is 1. The van der Waals surface area contributed by atoms with Crippen molar-refractivity contribution >= 4 is 17.2 Å². The molecule has 2 heterocycles. The lowest BCUT2D eigenvalue weighted by atomic mass is 10.2. The fourth-order valence-electron chi connectivity index (χ4n) is 2.74. The van der Waals surface area contributed by atoms with Crippen molar-refractivity contribution in [1.29, 1.82) is 0 Å². The maximum atomic E-state index is 12.4. The summed E-state index contributed by atoms with van der Waals surface area (Å²) in [6.45, 7) is 7.06. The Kier molecular flexibility index (Phi) is 5.48. The van der Waals surface area contributed by atoms with Crippen LogP contribution in [0.25, 0.3) is 0 Å². The number of aromatic nitrogens is 1. The largest absolute Gasteiger partial charge is 0.486 e. The third kappa shape index (κ3) is 4.33. The van der Waals surface area contributed by atoms with Crippen molar-refractivity contribution in [1.82, 2.24) is 15.2 Å². The number of aryl methyl sites for hydroxylation is 1. The van der Waals surface area contributed by atoms with Gasteiger partial charge in [0.1, 0.15) is 17.4 Å². The summed E-state index contributed by atoms with van der Waals surface area (Å²) in [5.74, 6) is 0.989. The summed E-state index contributed by atoms with van der Waals surface area (Å²) in [6, 6.07) is 8.21. The zero-order chi connectivity index (χ0) is 16.9. The smallest absolute Gasteiger partial charge is 0.228 e. The lowest BCUT2D eigenvalue weighted by Gasteiger charge is -2.33. The first kappa shape index (κ1) is 16.9. The molecule has 1 amide bonds. The van der Waals surface area contributed by atoms with Gasteiger partial charge in [-0.05, 0) is 26.0 Å². The van der Waals surface area contributed by atoms with Gasteiger partial charge in [0, 0.05) is 31.1 Å². The highest BCUT2D eigenvalue weighted by atomic mass is 32.1. The number of ether oxygens (including phenoxy) is 1. The third-order valence-electron chi connectivity index (χ3n) is 4.14. The van der Waals surface area contributed by atoms with Gasteiger partial charge in [-0.15, -0.1) is 11.3 Å². The van der Waals surface area contributed by atoms with Gasteiger partial charge in [0.15, 0.2) is 0 Å². The number of hydrogen-bond donors (Lipinski definition) is 1. The van der Waals surface area contributed by atoms with Gasteiger partial charge in [-0.2, -0.15) is 0 Å². The maximum Gasteiger partial charge on any atom is 0.228 e. The van der Waals surface area contributed by atoms with Crippen molar-refractivity contribution < 1.29 is 9.53 Å². The van der Waals surface area contributed by atoms with Crippen LogP contribution in [-0.4, -0.2) is 41.5 Å². The molecule has 3 rings (SSSR count). The van der Waals surface area contributed by atoms with E-state index in [-0.39, 0.29) is 11.9 Å². The van der Waals surface area contributed by atoms with E-state index in [9.17, 15) is 4.79 Å². The van der Waals surface area contributed by atoms with E-state index in [0.29, 0.717) is 13.0 Å². The van der Waals surface area contributed by atoms with E-state index in [1.165, 1.54) is 5.56 Å². The minimum absolute atomic E-state index is 0.153. The van der Waals surface area contributed by atoms with Crippen molar-refractivity contribution in [3.63, 3.8) is 0 Å². The predicted molar refractivity (Wildman–Crippen MR) is 95.4 cm³/mol. The quantitative estimate of drug-likeness (QED) is 0.904. The second-order valence-corrected chi connectivity index (χ2v) is 7.09. The number of benzene rings is 1. The summed E-state index contributed by atoms with van der Waals surface area (Å²) in [4.78, 5) is 18.9. The fraction of sp³-hybridized carbons (Fsp3) is 0.444. The zero-order valence-electron chi connectivity index (χ0n) is 14.1. The molecule has 1 aromatic heterocycles. The molecule has 1 aromatic carbocycles. The first-order valence-corrected chi connectivity index (χ1v) is 9.13. The molecule has 2 aromatic rings. The molecule has 1 atom stereocenters. The fourth-order valence-corrected chi connectivity index (χ4v) is 3.45. The zero-order valence-corrected chi connectivity index (χ0v) is 14.9. The second kappa shape index (κ2) is 7.77. The summed E-state index contributed by atoms with van der Waals surface area (Å²) in [6.07, 6.45) is 0.366. The van der Waals surface area contributed by atoms with Gasteiger partial charge >= 0.3 is 0 Å². The molecule has 1 saturated heterocycles. The molecular weight excluding hydrogens is 322 g/mol. The van der Waals surface area contributed by atoms with Crippen LogP contribution in [0.3, 0.4) is 0 Å². The highest BCUT2D eigenvalue weighted by Crippen LogP contribution is 2.17. The molecular formula is C18H23N3O2S. The molecule has 5 nitrogen and oxygen atoms in total. The topological polar surface area (TPSA) is 54.5 Å². The molecule has 1 aliphatic rings. The Balaban J connectivity index is 1.53. The average Bonchev–Trinajstić information content (AvgIpc) is 3.02. The van der Waals surface area contributed by atoms with E-state index >= 15 is 0 Å². The van der Waals surface area contributed by atoms with Crippen molar-refractivity contribution in [2.45, 2.75) is 32.9 Å². The maximum absolute atomic E-state index is 12.4. The van der Waals surface area contributed by atoms with Gasteiger partial charge in [-0.1, -0.05) is 17.7 Å². The number of amides is 1. The summed E-state index contributed by atoms with van der Waals surface area (Å²) >= 11 is 1.54. The second-order valence-electron chi connectivity index (χ2n) is 6.15. The van der Waals surface area contributed by atoms with E-state index in [4.69, 9.17) is 4.74 Å². The molecule has 6 heteroatoms. The van der Waals surface area contributed by atoms with Crippen LogP contribution in [0.5, 0.6) is 5.75 Å². The van der Waals surface area contributed by atoms with Gasteiger partial charge in [0.2, 0.25) is 5.91 Å². The van der Waals surface area contributed by atoms with Gasteiger partial charge in [-0.25, -0.2) is 4.98 Å². The molecule has 24 heavy (non-hydrogen) atoms. The van der Waals surface area contributed by atoms with Crippen molar-refractivity contribution in [3.05, 3.63) is 45.9 Å². The van der Waals surface area contributed by atoms with Crippen LogP contribution in [-0.2, 0) is 17.8 Å². The van der Waals surface area contributed by atoms with Crippen LogP contribution in [0.1, 0.15) is 23.2 Å². The standard InChI is InChI=1S/C18H23N3O2S/c1-13-3-5-16(6-4-13)23-11-17-20-15(12-24-17)9-18(22)21-8-7-19-10-14(21)2/h3-6,12,14,19H,7-11H2,1-2H3/t14-/m1/s1. The van der Waals surface area contributed by atoms with Crippen LogP contribution >= 0.6 is 11.3 Å². The minimum atomic E-state index is 0.153. The van der Waals surface area contributed by atoms with E-state index in [0.717, 1.165) is 36.1 Å². The van der Waals surface area contributed by atoms with Gasteiger partial charge < -0.3 is 15.0 Å². The van der Waals surface area contributed by atoms with Crippen LogP contribution in [0, 0.1) is 6.92 Å². The Morgan fingerprint density at radius 3 is 2.96 bits per heavy atom. The van der Waals surface area contributed by atoms with Crippen LogP contribution < -0.4 is 10.1 Å². The van der Waals surface area contributed by atoms with E-state index < -0.39 is 0 Å². The summed E-state index contributed by atoms with van der Waals surface area (Å²) in [7, 11) is 0. The highest BCUT2D eigenvalue weighted by molar-refractivity contribution is 7.09. The summed E-state index contributed by atoms with van der Waals surface area (Å²) in [5, 5.41) is 6.15. The summed E-state index contributed by atoms with van der Waals surface area (Å²) in [5.41, 5.74) is 2.04. The van der Waals surface area contributed by atoms with E-state index in [1.807, 2.05) is 41.5 Å². The summed E-state index contributed by atoms with van der Waals surface area (Å²) < 4.78 is 5.74. The number of hydrogen-bond acceptors (Lipinski definition) is 5. The van der Waals surface area contributed by atoms with Crippen molar-refractivity contribution in [2.24, 2.45) is 0 Å². The molecule has 0 spiro atoms. The first-order valence-electron chi connectivity index (χ1n) is 8.25. The Morgan fingerprint density at radius 2 is 2.21 bits per heavy atom.